The summed E-state index contributed by atoms with van der Waals surface area (Å²) >= 11 is 0. The van der Waals surface area contributed by atoms with Gasteiger partial charge < -0.3 is 11.1 Å². The zero-order valence-electron chi connectivity index (χ0n) is 13.1. The van der Waals surface area contributed by atoms with E-state index in [0.29, 0.717) is 30.3 Å². The fourth-order valence-corrected chi connectivity index (χ4v) is 4.01. The molecule has 0 spiro atoms. The van der Waals surface area contributed by atoms with E-state index in [0.717, 1.165) is 12.8 Å². The lowest BCUT2D eigenvalue weighted by molar-refractivity contribution is -0.122. The van der Waals surface area contributed by atoms with Crippen molar-refractivity contribution < 1.29 is 4.79 Å². The molecule has 1 amide bonds. The summed E-state index contributed by atoms with van der Waals surface area (Å²) in [6.07, 6.45) is 13.1. The van der Waals surface area contributed by atoms with E-state index < -0.39 is 0 Å². The minimum atomic E-state index is 0.252. The highest BCUT2D eigenvalue weighted by Gasteiger charge is 2.23. The Morgan fingerprint density at radius 3 is 2.60 bits per heavy atom. The van der Waals surface area contributed by atoms with Gasteiger partial charge in [0.1, 0.15) is 0 Å². The maximum absolute atomic E-state index is 12.1. The molecular formula is C17H32N2O. The van der Waals surface area contributed by atoms with Crippen LogP contribution in [-0.4, -0.2) is 18.0 Å². The maximum atomic E-state index is 12.1. The number of hydrogen-bond donors (Lipinski definition) is 2. The second-order valence-corrected chi connectivity index (χ2v) is 7.09. The molecule has 2 aliphatic carbocycles. The van der Waals surface area contributed by atoms with Gasteiger partial charge in [0.25, 0.3) is 0 Å². The SMILES string of the molecule is CC(NC(=O)CCC1CCCC(N)C1)C1CCCCC1. The molecule has 0 aromatic rings. The third kappa shape index (κ3) is 5.08. The Morgan fingerprint density at radius 1 is 1.15 bits per heavy atom. The van der Waals surface area contributed by atoms with Crippen molar-refractivity contribution in [3.05, 3.63) is 0 Å². The lowest BCUT2D eigenvalue weighted by Gasteiger charge is -2.29. The normalized spacial score (nSPS) is 29.9. The highest BCUT2D eigenvalue weighted by Crippen LogP contribution is 2.28. The van der Waals surface area contributed by atoms with Gasteiger partial charge in [-0.3, -0.25) is 4.79 Å². The first kappa shape index (κ1) is 15.8. The molecule has 0 radical (unpaired) electrons. The zero-order chi connectivity index (χ0) is 14.4. The minimum absolute atomic E-state index is 0.252. The smallest absolute Gasteiger partial charge is 0.220 e. The summed E-state index contributed by atoms with van der Waals surface area (Å²) in [5, 5.41) is 3.23. The van der Waals surface area contributed by atoms with Crippen LogP contribution >= 0.6 is 0 Å². The van der Waals surface area contributed by atoms with Gasteiger partial charge in [0.2, 0.25) is 5.91 Å². The summed E-state index contributed by atoms with van der Waals surface area (Å²) < 4.78 is 0. The van der Waals surface area contributed by atoms with Crippen LogP contribution in [0.25, 0.3) is 0 Å². The first-order valence-corrected chi connectivity index (χ1v) is 8.70. The van der Waals surface area contributed by atoms with E-state index in [9.17, 15) is 4.79 Å². The highest BCUT2D eigenvalue weighted by atomic mass is 16.1. The first-order chi connectivity index (χ1) is 9.65. The molecule has 0 aromatic heterocycles. The molecule has 3 atom stereocenters. The quantitative estimate of drug-likeness (QED) is 0.811. The number of nitrogens with two attached hydrogens (primary N) is 1. The van der Waals surface area contributed by atoms with Gasteiger partial charge in [-0.05, 0) is 50.9 Å². The average molecular weight is 280 g/mol. The third-order valence-electron chi connectivity index (χ3n) is 5.35. The van der Waals surface area contributed by atoms with Crippen molar-refractivity contribution in [2.75, 3.05) is 0 Å². The van der Waals surface area contributed by atoms with Gasteiger partial charge in [0.15, 0.2) is 0 Å². The van der Waals surface area contributed by atoms with E-state index in [1.54, 1.807) is 0 Å². The van der Waals surface area contributed by atoms with Crippen molar-refractivity contribution in [2.45, 2.75) is 89.6 Å². The standard InChI is InChI=1S/C17H32N2O/c1-13(15-7-3-2-4-8-15)19-17(20)11-10-14-6-5-9-16(18)12-14/h13-16H,2-12,18H2,1H3,(H,19,20). The van der Waals surface area contributed by atoms with Gasteiger partial charge in [0.05, 0.1) is 0 Å². The number of nitrogens with one attached hydrogen (secondary N) is 1. The van der Waals surface area contributed by atoms with Gasteiger partial charge >= 0.3 is 0 Å². The first-order valence-electron chi connectivity index (χ1n) is 8.70. The van der Waals surface area contributed by atoms with E-state index in [-0.39, 0.29) is 5.91 Å². The summed E-state index contributed by atoms with van der Waals surface area (Å²) in [7, 11) is 0. The van der Waals surface area contributed by atoms with E-state index in [2.05, 4.69) is 12.2 Å². The van der Waals surface area contributed by atoms with E-state index in [4.69, 9.17) is 5.73 Å². The molecule has 3 heteroatoms. The summed E-state index contributed by atoms with van der Waals surface area (Å²) in [5.41, 5.74) is 6.01. The molecule has 0 bridgehead atoms. The van der Waals surface area contributed by atoms with Gasteiger partial charge in [-0.25, -0.2) is 0 Å². The van der Waals surface area contributed by atoms with Gasteiger partial charge in [-0.15, -0.1) is 0 Å². The van der Waals surface area contributed by atoms with Crippen molar-refractivity contribution in [3.8, 4) is 0 Å². The zero-order valence-corrected chi connectivity index (χ0v) is 13.1. The van der Waals surface area contributed by atoms with Crippen LogP contribution in [0.15, 0.2) is 0 Å². The van der Waals surface area contributed by atoms with Crippen LogP contribution in [-0.2, 0) is 4.79 Å². The summed E-state index contributed by atoms with van der Waals surface area (Å²) in [6, 6.07) is 0.731. The molecule has 0 saturated heterocycles. The fraction of sp³-hybridized carbons (Fsp3) is 0.941. The van der Waals surface area contributed by atoms with Crippen LogP contribution in [0.5, 0.6) is 0 Å². The number of amides is 1. The predicted molar refractivity (Wildman–Crippen MR) is 83.3 cm³/mol. The van der Waals surface area contributed by atoms with E-state index >= 15 is 0 Å². The molecule has 3 N–H and O–H groups in total. The lowest BCUT2D eigenvalue weighted by atomic mass is 9.83. The van der Waals surface area contributed by atoms with Gasteiger partial charge in [0, 0.05) is 18.5 Å². The van der Waals surface area contributed by atoms with Crippen molar-refractivity contribution >= 4 is 5.91 Å². The van der Waals surface area contributed by atoms with E-state index in [1.165, 1.54) is 51.4 Å². The number of carbonyl (C=O) groups is 1. The molecule has 3 unspecified atom stereocenters. The number of hydrogen-bond acceptors (Lipinski definition) is 2. The van der Waals surface area contributed by atoms with E-state index in [1.807, 2.05) is 0 Å². The topological polar surface area (TPSA) is 55.1 Å². The largest absolute Gasteiger partial charge is 0.353 e. The maximum Gasteiger partial charge on any atom is 0.220 e. The second-order valence-electron chi connectivity index (χ2n) is 7.09. The third-order valence-corrected chi connectivity index (χ3v) is 5.35. The molecule has 2 aliphatic rings. The number of rotatable bonds is 5. The van der Waals surface area contributed by atoms with Gasteiger partial charge in [-0.2, -0.15) is 0 Å². The van der Waals surface area contributed by atoms with Crippen LogP contribution in [0.1, 0.15) is 77.6 Å². The summed E-state index contributed by atoms with van der Waals surface area (Å²) in [4.78, 5) is 12.1. The van der Waals surface area contributed by atoms with Crippen LogP contribution in [0.4, 0.5) is 0 Å². The Hall–Kier alpha value is -0.570. The predicted octanol–water partition coefficient (Wildman–Crippen LogP) is 3.37. The van der Waals surface area contributed by atoms with Crippen molar-refractivity contribution in [1.29, 1.82) is 0 Å². The average Bonchev–Trinajstić information content (AvgIpc) is 2.46. The second kappa shape index (κ2) is 8.02. The molecule has 2 rings (SSSR count). The van der Waals surface area contributed by atoms with Crippen molar-refractivity contribution in [3.63, 3.8) is 0 Å². The van der Waals surface area contributed by atoms with Crippen molar-refractivity contribution in [2.24, 2.45) is 17.6 Å². The Balaban J connectivity index is 1.64. The molecule has 0 aliphatic heterocycles. The van der Waals surface area contributed by atoms with Crippen LogP contribution in [0.3, 0.4) is 0 Å². The molecule has 20 heavy (non-hydrogen) atoms. The minimum Gasteiger partial charge on any atom is -0.353 e. The molecule has 116 valence electrons. The monoisotopic (exact) mass is 280 g/mol. The molecule has 0 heterocycles. The highest BCUT2D eigenvalue weighted by molar-refractivity contribution is 5.76. The summed E-state index contributed by atoms with van der Waals surface area (Å²) in [6.45, 7) is 2.18. The van der Waals surface area contributed by atoms with Crippen LogP contribution < -0.4 is 11.1 Å². The summed E-state index contributed by atoms with van der Waals surface area (Å²) in [5.74, 6) is 1.63. The van der Waals surface area contributed by atoms with Crippen LogP contribution in [0.2, 0.25) is 0 Å². The molecule has 0 aromatic carbocycles. The van der Waals surface area contributed by atoms with Gasteiger partial charge in [-0.1, -0.05) is 32.1 Å². The molecule has 3 nitrogen and oxygen atoms in total. The Kier molecular flexibility index (Phi) is 6.34. The Bertz CT molecular complexity index is 299. The molecular weight excluding hydrogens is 248 g/mol. The van der Waals surface area contributed by atoms with Crippen LogP contribution in [0, 0.1) is 11.8 Å². The fourth-order valence-electron chi connectivity index (χ4n) is 4.01. The lowest BCUT2D eigenvalue weighted by Crippen LogP contribution is -2.39. The Morgan fingerprint density at radius 2 is 1.90 bits per heavy atom. The number of carbonyl (C=O) groups excluding carboxylic acids is 1. The Labute approximate surface area is 124 Å². The molecule has 2 saturated carbocycles. The molecule has 2 fully saturated rings. The van der Waals surface area contributed by atoms with Crippen molar-refractivity contribution in [1.82, 2.24) is 5.32 Å².